The second kappa shape index (κ2) is 6.77. The van der Waals surface area contributed by atoms with Gasteiger partial charge >= 0.3 is 0 Å². The molecule has 1 aromatic carbocycles. The minimum absolute atomic E-state index is 0.177. The maximum absolute atomic E-state index is 13.7. The fourth-order valence-electron chi connectivity index (χ4n) is 1.46. The number of hydrogen-bond donors (Lipinski definition) is 0. The van der Waals surface area contributed by atoms with Gasteiger partial charge in [0, 0.05) is 10.9 Å². The van der Waals surface area contributed by atoms with Crippen molar-refractivity contribution in [3.05, 3.63) is 45.4 Å². The number of hydrogen-bond acceptors (Lipinski definition) is 1. The highest BCUT2D eigenvalue weighted by molar-refractivity contribution is 7.14. The zero-order chi connectivity index (χ0) is 12.8. The van der Waals surface area contributed by atoms with Gasteiger partial charge in [0.1, 0.15) is 5.82 Å². The molecule has 0 aliphatic carbocycles. The van der Waals surface area contributed by atoms with Gasteiger partial charge in [-0.05, 0) is 29.7 Å². The molecule has 92 valence electrons. The van der Waals surface area contributed by atoms with Crippen molar-refractivity contribution in [1.82, 2.24) is 0 Å². The highest BCUT2D eigenvalue weighted by Gasteiger charge is 2.07. The van der Waals surface area contributed by atoms with Gasteiger partial charge < -0.3 is 0 Å². The number of thiophene rings is 1. The molecule has 1 heterocycles. The molecule has 2 aromatic rings. The topological polar surface area (TPSA) is 0 Å². The Morgan fingerprint density at radius 3 is 2.41 bits per heavy atom. The fraction of sp³-hybridized carbons (Fsp3) is 0.286. The van der Waals surface area contributed by atoms with Gasteiger partial charge in [-0.25, -0.2) is 4.39 Å². The smallest absolute Gasteiger partial charge is 0.131 e. The molecule has 1 aromatic heterocycles. The predicted octanol–water partition coefficient (Wildman–Crippen LogP) is 5.80. The van der Waals surface area contributed by atoms with Gasteiger partial charge in [0.25, 0.3) is 0 Å². The first-order valence-corrected chi connectivity index (χ1v) is 6.99. The zero-order valence-corrected chi connectivity index (χ0v) is 11.8. The van der Waals surface area contributed by atoms with Crippen LogP contribution in [0.15, 0.2) is 29.6 Å². The third kappa shape index (κ3) is 3.55. The van der Waals surface area contributed by atoms with Crippen LogP contribution in [0.1, 0.15) is 26.3 Å². The van der Waals surface area contributed by atoms with Crippen molar-refractivity contribution >= 4 is 22.9 Å². The Hall–Kier alpha value is -0.860. The molecule has 0 radical (unpaired) electrons. The summed E-state index contributed by atoms with van der Waals surface area (Å²) in [6, 6.07) is 7.13. The number of halogens is 2. The first-order valence-electron chi connectivity index (χ1n) is 5.73. The summed E-state index contributed by atoms with van der Waals surface area (Å²) in [4.78, 5) is 0. The Balaban J connectivity index is 0.000000686. The number of benzene rings is 1. The van der Waals surface area contributed by atoms with E-state index in [1.165, 1.54) is 11.3 Å². The molecule has 0 unspecified atom stereocenters. The van der Waals surface area contributed by atoms with Crippen molar-refractivity contribution in [3.63, 3.8) is 0 Å². The van der Waals surface area contributed by atoms with Crippen LogP contribution in [0.2, 0.25) is 4.34 Å². The van der Waals surface area contributed by atoms with Gasteiger partial charge in [-0.2, -0.15) is 0 Å². The van der Waals surface area contributed by atoms with Gasteiger partial charge in [0.2, 0.25) is 0 Å². The summed E-state index contributed by atoms with van der Waals surface area (Å²) in [6.07, 6.45) is 0.849. The molecule has 0 saturated carbocycles. The van der Waals surface area contributed by atoms with Crippen LogP contribution in [0.25, 0.3) is 11.1 Å². The van der Waals surface area contributed by atoms with Crippen molar-refractivity contribution in [2.24, 2.45) is 0 Å². The lowest BCUT2D eigenvalue weighted by Gasteiger charge is -2.02. The Kier molecular flexibility index (Phi) is 5.66. The van der Waals surface area contributed by atoms with E-state index < -0.39 is 0 Å². The molecule has 0 aliphatic heterocycles. The lowest BCUT2D eigenvalue weighted by molar-refractivity contribution is 0.629. The third-order valence-electron chi connectivity index (χ3n) is 2.32. The normalized spacial score (nSPS) is 9.71. The first kappa shape index (κ1) is 14.2. The number of rotatable bonds is 2. The lowest BCUT2D eigenvalue weighted by atomic mass is 10.1. The maximum Gasteiger partial charge on any atom is 0.131 e. The van der Waals surface area contributed by atoms with E-state index in [0.29, 0.717) is 9.90 Å². The van der Waals surface area contributed by atoms with Crippen molar-refractivity contribution in [3.8, 4) is 11.1 Å². The molecular weight excluding hydrogens is 255 g/mol. The van der Waals surface area contributed by atoms with Crippen molar-refractivity contribution in [1.29, 1.82) is 0 Å². The zero-order valence-electron chi connectivity index (χ0n) is 10.3. The molecule has 0 bridgehead atoms. The quantitative estimate of drug-likeness (QED) is 0.647. The summed E-state index contributed by atoms with van der Waals surface area (Å²) in [5.41, 5.74) is 2.48. The predicted molar refractivity (Wildman–Crippen MR) is 75.4 cm³/mol. The van der Waals surface area contributed by atoms with Crippen LogP contribution in [0.5, 0.6) is 0 Å². The highest BCUT2D eigenvalue weighted by atomic mass is 35.5. The SMILES string of the molecule is CC.CCc1ccc(-c2csc(Cl)c2)c(F)c1. The highest BCUT2D eigenvalue weighted by Crippen LogP contribution is 2.30. The molecule has 0 spiro atoms. The second-order valence-corrected chi connectivity index (χ2v) is 4.85. The average molecular weight is 271 g/mol. The van der Waals surface area contributed by atoms with Crippen molar-refractivity contribution in [2.45, 2.75) is 27.2 Å². The van der Waals surface area contributed by atoms with Crippen LogP contribution in [-0.4, -0.2) is 0 Å². The van der Waals surface area contributed by atoms with Gasteiger partial charge in [-0.3, -0.25) is 0 Å². The van der Waals surface area contributed by atoms with Crippen LogP contribution in [0.4, 0.5) is 4.39 Å². The van der Waals surface area contributed by atoms with E-state index in [2.05, 4.69) is 0 Å². The summed E-state index contributed by atoms with van der Waals surface area (Å²) < 4.78 is 14.4. The van der Waals surface area contributed by atoms with E-state index >= 15 is 0 Å². The van der Waals surface area contributed by atoms with Crippen molar-refractivity contribution < 1.29 is 4.39 Å². The minimum Gasteiger partial charge on any atom is -0.206 e. The largest absolute Gasteiger partial charge is 0.206 e. The Morgan fingerprint density at radius 1 is 1.24 bits per heavy atom. The Labute approximate surface area is 111 Å². The van der Waals surface area contributed by atoms with E-state index in [1.807, 2.05) is 38.3 Å². The molecule has 17 heavy (non-hydrogen) atoms. The molecule has 0 N–H and O–H groups in total. The first-order chi connectivity index (χ1) is 8.20. The lowest BCUT2D eigenvalue weighted by Crippen LogP contribution is -1.86. The van der Waals surface area contributed by atoms with Gasteiger partial charge in [0.15, 0.2) is 0 Å². The molecule has 0 aliphatic rings. The maximum atomic E-state index is 13.7. The van der Waals surface area contributed by atoms with Crippen LogP contribution < -0.4 is 0 Å². The van der Waals surface area contributed by atoms with E-state index in [0.717, 1.165) is 17.5 Å². The van der Waals surface area contributed by atoms with E-state index in [1.54, 1.807) is 12.1 Å². The molecule has 0 amide bonds. The standard InChI is InChI=1S/C12H10ClFS.C2H6/c1-2-8-3-4-10(11(14)5-8)9-6-12(13)15-7-9;1-2/h3-7H,2H2,1H3;1-2H3. The monoisotopic (exact) mass is 270 g/mol. The van der Waals surface area contributed by atoms with Crippen LogP contribution in [0, 0.1) is 5.82 Å². The van der Waals surface area contributed by atoms with Gasteiger partial charge in [0.05, 0.1) is 4.34 Å². The summed E-state index contributed by atoms with van der Waals surface area (Å²) in [5, 5.41) is 1.87. The average Bonchev–Trinajstić information content (AvgIpc) is 2.78. The summed E-state index contributed by atoms with van der Waals surface area (Å²) in [5.74, 6) is -0.177. The molecule has 0 fully saturated rings. The Bertz CT molecular complexity index is 477. The van der Waals surface area contributed by atoms with Gasteiger partial charge in [-0.15, -0.1) is 11.3 Å². The van der Waals surface area contributed by atoms with Gasteiger partial charge in [-0.1, -0.05) is 44.5 Å². The molecule has 2 rings (SSSR count). The summed E-state index contributed by atoms with van der Waals surface area (Å²) >= 11 is 7.23. The second-order valence-electron chi connectivity index (χ2n) is 3.31. The van der Waals surface area contributed by atoms with Crippen LogP contribution in [0.3, 0.4) is 0 Å². The molecule has 3 heteroatoms. The van der Waals surface area contributed by atoms with Crippen LogP contribution in [-0.2, 0) is 6.42 Å². The Morgan fingerprint density at radius 2 is 1.94 bits per heavy atom. The summed E-state index contributed by atoms with van der Waals surface area (Å²) in [6.45, 7) is 6.01. The van der Waals surface area contributed by atoms with E-state index in [9.17, 15) is 4.39 Å². The third-order valence-corrected chi connectivity index (χ3v) is 3.41. The molecule has 0 nitrogen and oxygen atoms in total. The van der Waals surface area contributed by atoms with Crippen LogP contribution >= 0.6 is 22.9 Å². The minimum atomic E-state index is -0.177. The molecule has 0 saturated heterocycles. The fourth-order valence-corrected chi connectivity index (χ4v) is 2.34. The number of aryl methyl sites for hydroxylation is 1. The molecular formula is C14H16ClFS. The van der Waals surface area contributed by atoms with E-state index in [4.69, 9.17) is 11.6 Å². The van der Waals surface area contributed by atoms with Crippen molar-refractivity contribution in [2.75, 3.05) is 0 Å². The molecule has 0 atom stereocenters. The summed E-state index contributed by atoms with van der Waals surface area (Å²) in [7, 11) is 0. The van der Waals surface area contributed by atoms with E-state index in [-0.39, 0.29) is 5.82 Å².